The van der Waals surface area contributed by atoms with E-state index in [0.717, 1.165) is 11.3 Å². The molecule has 2 heterocycles. The number of rotatable bonds is 1. The van der Waals surface area contributed by atoms with E-state index in [1.807, 2.05) is 6.08 Å². The molecule has 2 aliphatic rings. The van der Waals surface area contributed by atoms with Gasteiger partial charge in [-0.2, -0.15) is 0 Å². The van der Waals surface area contributed by atoms with Gasteiger partial charge < -0.3 is 5.73 Å². The molecular formula is C11H11ClN2S. The predicted octanol–water partition coefficient (Wildman–Crippen LogP) is 2.30. The van der Waals surface area contributed by atoms with Crippen molar-refractivity contribution in [3.05, 3.63) is 45.7 Å². The highest BCUT2D eigenvalue weighted by Crippen LogP contribution is 2.28. The number of fused-ring (bicyclic) bond motifs is 1. The summed E-state index contributed by atoms with van der Waals surface area (Å²) in [4.78, 5) is 5.66. The van der Waals surface area contributed by atoms with Crippen LogP contribution in [0.2, 0.25) is 0 Å². The fourth-order valence-electron chi connectivity index (χ4n) is 1.82. The van der Waals surface area contributed by atoms with Crippen LogP contribution in [0.1, 0.15) is 10.4 Å². The Bertz CT molecular complexity index is 471. The summed E-state index contributed by atoms with van der Waals surface area (Å²) in [6.45, 7) is 0. The van der Waals surface area contributed by atoms with Crippen LogP contribution in [0.5, 0.6) is 0 Å². The first-order chi connectivity index (χ1) is 6.84. The third-order valence-electron chi connectivity index (χ3n) is 2.65. The van der Waals surface area contributed by atoms with Crippen molar-refractivity contribution >= 4 is 29.6 Å². The minimum absolute atomic E-state index is 0. The van der Waals surface area contributed by atoms with Crippen molar-refractivity contribution in [1.29, 1.82) is 0 Å². The van der Waals surface area contributed by atoms with Crippen molar-refractivity contribution in [2.24, 2.45) is 10.7 Å². The molecular weight excluding hydrogens is 228 g/mol. The summed E-state index contributed by atoms with van der Waals surface area (Å²) in [5.41, 5.74) is 8.54. The van der Waals surface area contributed by atoms with Gasteiger partial charge >= 0.3 is 0 Å². The molecule has 0 saturated carbocycles. The number of nitrogens with zero attached hydrogens (tertiary/aromatic N) is 1. The SMILES string of the molecule is Cl.NC1=NC(C2=CC=C2)Cc2ccsc21. The van der Waals surface area contributed by atoms with E-state index >= 15 is 0 Å². The number of nitrogens with two attached hydrogens (primary N) is 1. The van der Waals surface area contributed by atoms with Crippen LogP contribution in [-0.4, -0.2) is 11.9 Å². The molecule has 1 atom stereocenters. The van der Waals surface area contributed by atoms with Crippen molar-refractivity contribution in [3.8, 4) is 0 Å². The Morgan fingerprint density at radius 3 is 2.93 bits per heavy atom. The van der Waals surface area contributed by atoms with Crippen molar-refractivity contribution in [1.82, 2.24) is 0 Å². The summed E-state index contributed by atoms with van der Waals surface area (Å²) >= 11 is 1.68. The summed E-state index contributed by atoms with van der Waals surface area (Å²) in [5.74, 6) is 0.701. The van der Waals surface area contributed by atoms with Crippen LogP contribution in [0, 0.1) is 0 Å². The van der Waals surface area contributed by atoms with Crippen LogP contribution in [0.3, 0.4) is 0 Å². The normalized spacial score (nSPS) is 22.0. The van der Waals surface area contributed by atoms with Crippen LogP contribution in [0.4, 0.5) is 0 Å². The molecule has 15 heavy (non-hydrogen) atoms. The molecule has 0 aromatic carbocycles. The number of allylic oxidation sites excluding steroid dienone is 2. The van der Waals surface area contributed by atoms with E-state index in [0.29, 0.717) is 5.84 Å². The highest BCUT2D eigenvalue weighted by atomic mass is 35.5. The number of amidine groups is 1. The van der Waals surface area contributed by atoms with Crippen molar-refractivity contribution in [3.63, 3.8) is 0 Å². The molecule has 0 fully saturated rings. The van der Waals surface area contributed by atoms with Gasteiger partial charge in [0.15, 0.2) is 0 Å². The standard InChI is InChI=1S/C11H10N2S.ClH/c12-11-10-8(4-5-14-10)6-9(13-11)7-2-1-3-7;/h1-5,9H,6H2,(H2,12,13);1H. The summed E-state index contributed by atoms with van der Waals surface area (Å²) in [5, 5.41) is 2.08. The van der Waals surface area contributed by atoms with Crippen LogP contribution in [-0.2, 0) is 6.42 Å². The number of halogens is 1. The van der Waals surface area contributed by atoms with Gasteiger partial charge in [-0.15, -0.1) is 23.7 Å². The Hall–Kier alpha value is -1.06. The van der Waals surface area contributed by atoms with Gasteiger partial charge in [-0.25, -0.2) is 0 Å². The summed E-state index contributed by atoms with van der Waals surface area (Å²) in [6, 6.07) is 2.40. The highest BCUT2D eigenvalue weighted by molar-refractivity contribution is 7.12. The molecule has 1 aromatic rings. The molecule has 4 heteroatoms. The van der Waals surface area contributed by atoms with Gasteiger partial charge in [0.05, 0.1) is 10.9 Å². The first-order valence-electron chi connectivity index (χ1n) is 4.63. The lowest BCUT2D eigenvalue weighted by atomic mass is 9.93. The topological polar surface area (TPSA) is 38.4 Å². The lowest BCUT2D eigenvalue weighted by molar-refractivity contribution is 0.765. The van der Waals surface area contributed by atoms with E-state index in [2.05, 4.69) is 28.6 Å². The number of hydrogen-bond acceptors (Lipinski definition) is 3. The fraction of sp³-hybridized carbons (Fsp3) is 0.182. The average molecular weight is 239 g/mol. The Morgan fingerprint density at radius 2 is 2.27 bits per heavy atom. The maximum absolute atomic E-state index is 5.91. The van der Waals surface area contributed by atoms with E-state index in [1.165, 1.54) is 11.1 Å². The Morgan fingerprint density at radius 1 is 1.47 bits per heavy atom. The van der Waals surface area contributed by atoms with Crippen molar-refractivity contribution in [2.45, 2.75) is 12.5 Å². The molecule has 0 saturated heterocycles. The zero-order chi connectivity index (χ0) is 9.54. The van der Waals surface area contributed by atoms with Gasteiger partial charge in [0.25, 0.3) is 0 Å². The van der Waals surface area contributed by atoms with E-state index < -0.39 is 0 Å². The maximum Gasteiger partial charge on any atom is 0.136 e. The summed E-state index contributed by atoms with van der Waals surface area (Å²) in [7, 11) is 0. The van der Waals surface area contributed by atoms with Crippen LogP contribution in [0.25, 0.3) is 0 Å². The first kappa shape index (κ1) is 10.5. The molecule has 78 valence electrons. The van der Waals surface area contributed by atoms with Gasteiger partial charge in [0.1, 0.15) is 5.84 Å². The predicted molar refractivity (Wildman–Crippen MR) is 67.0 cm³/mol. The Balaban J connectivity index is 0.000000853. The first-order valence-corrected chi connectivity index (χ1v) is 5.51. The fourth-order valence-corrected chi connectivity index (χ4v) is 2.67. The number of hydrogen-bond donors (Lipinski definition) is 1. The molecule has 0 spiro atoms. The molecule has 0 amide bonds. The Labute approximate surface area is 98.6 Å². The molecule has 1 aromatic heterocycles. The molecule has 0 bridgehead atoms. The van der Waals surface area contributed by atoms with Crippen LogP contribution < -0.4 is 5.73 Å². The van der Waals surface area contributed by atoms with Gasteiger partial charge in [-0.3, -0.25) is 4.99 Å². The van der Waals surface area contributed by atoms with E-state index in [4.69, 9.17) is 5.73 Å². The zero-order valence-electron chi connectivity index (χ0n) is 8.01. The van der Waals surface area contributed by atoms with Gasteiger partial charge in [-0.1, -0.05) is 18.2 Å². The largest absolute Gasteiger partial charge is 0.383 e. The molecule has 2 N–H and O–H groups in total. The van der Waals surface area contributed by atoms with Crippen molar-refractivity contribution < 1.29 is 0 Å². The molecule has 2 nitrogen and oxygen atoms in total. The summed E-state index contributed by atoms with van der Waals surface area (Å²) in [6.07, 6.45) is 7.26. The second kappa shape index (κ2) is 3.83. The second-order valence-corrected chi connectivity index (χ2v) is 4.45. The van der Waals surface area contributed by atoms with Crippen LogP contribution in [0.15, 0.2) is 40.2 Å². The van der Waals surface area contributed by atoms with E-state index in [1.54, 1.807) is 11.3 Å². The number of aliphatic imine (C=N–C) groups is 1. The minimum Gasteiger partial charge on any atom is -0.383 e. The second-order valence-electron chi connectivity index (χ2n) is 3.54. The number of thiophene rings is 1. The third-order valence-corrected chi connectivity index (χ3v) is 3.63. The van der Waals surface area contributed by atoms with Gasteiger partial charge in [0.2, 0.25) is 0 Å². The zero-order valence-corrected chi connectivity index (χ0v) is 9.65. The lowest BCUT2D eigenvalue weighted by Gasteiger charge is -2.21. The lowest BCUT2D eigenvalue weighted by Crippen LogP contribution is -2.26. The monoisotopic (exact) mass is 238 g/mol. The van der Waals surface area contributed by atoms with Gasteiger partial charge in [-0.05, 0) is 22.6 Å². The summed E-state index contributed by atoms with van der Waals surface area (Å²) < 4.78 is 0. The Kier molecular flexibility index (Phi) is 2.67. The minimum atomic E-state index is 0. The molecule has 3 rings (SSSR count). The van der Waals surface area contributed by atoms with E-state index in [9.17, 15) is 0 Å². The molecule has 1 aliphatic heterocycles. The van der Waals surface area contributed by atoms with Crippen LogP contribution >= 0.6 is 23.7 Å². The average Bonchev–Trinajstić information content (AvgIpc) is 2.48. The highest BCUT2D eigenvalue weighted by Gasteiger charge is 2.23. The molecule has 1 aliphatic carbocycles. The molecule has 0 radical (unpaired) electrons. The smallest absolute Gasteiger partial charge is 0.136 e. The third kappa shape index (κ3) is 1.62. The van der Waals surface area contributed by atoms with Crippen molar-refractivity contribution in [2.75, 3.05) is 0 Å². The quantitative estimate of drug-likeness (QED) is 0.801. The maximum atomic E-state index is 5.91. The molecule has 1 unspecified atom stereocenters. The van der Waals surface area contributed by atoms with E-state index in [-0.39, 0.29) is 18.4 Å². The van der Waals surface area contributed by atoms with Gasteiger partial charge in [0, 0.05) is 6.42 Å².